The van der Waals surface area contributed by atoms with E-state index in [2.05, 4.69) is 4.98 Å². The van der Waals surface area contributed by atoms with E-state index in [1.165, 1.54) is 4.90 Å². The second-order valence-corrected chi connectivity index (χ2v) is 7.86. The van der Waals surface area contributed by atoms with Crippen LogP contribution in [0.15, 0.2) is 29.2 Å². The van der Waals surface area contributed by atoms with E-state index in [0.717, 1.165) is 22.9 Å². The molecule has 0 unspecified atom stereocenters. The molecule has 3 aromatic rings. The Morgan fingerprint density at radius 2 is 1.91 bits per heavy atom. The third-order valence-corrected chi connectivity index (χ3v) is 5.43. The number of hydrogen-bond donors (Lipinski definition) is 2. The molecule has 8 nitrogen and oxygen atoms in total. The minimum Gasteiger partial charge on any atom is -0.477 e. The molecule has 4 rings (SSSR count). The first-order chi connectivity index (χ1) is 15.1. The summed E-state index contributed by atoms with van der Waals surface area (Å²) in [7, 11) is 3.10. The summed E-state index contributed by atoms with van der Waals surface area (Å²) in [6.07, 6.45) is 1.52. The van der Waals surface area contributed by atoms with Crippen molar-refractivity contribution in [3.8, 4) is 5.69 Å². The first-order valence-corrected chi connectivity index (χ1v) is 9.75. The minimum atomic E-state index is -1.57. The van der Waals surface area contributed by atoms with Gasteiger partial charge in [0.15, 0.2) is 17.3 Å². The second kappa shape index (κ2) is 7.83. The van der Waals surface area contributed by atoms with Crippen LogP contribution in [0.25, 0.3) is 16.7 Å². The van der Waals surface area contributed by atoms with Gasteiger partial charge >= 0.3 is 5.97 Å². The lowest BCUT2D eigenvalue weighted by Gasteiger charge is -2.21. The maximum absolute atomic E-state index is 14.9. The van der Waals surface area contributed by atoms with Crippen molar-refractivity contribution in [2.45, 2.75) is 12.5 Å². The molecule has 1 aliphatic rings. The van der Waals surface area contributed by atoms with Crippen molar-refractivity contribution in [3.63, 3.8) is 0 Å². The molecule has 11 heteroatoms. The Hall–Kier alpha value is -3.60. The molecule has 0 radical (unpaired) electrons. The largest absolute Gasteiger partial charge is 0.477 e. The van der Waals surface area contributed by atoms with Crippen LogP contribution in [0.1, 0.15) is 16.8 Å². The first-order valence-electron chi connectivity index (χ1n) is 9.75. The van der Waals surface area contributed by atoms with Crippen LogP contribution in [0.2, 0.25) is 0 Å². The molecule has 168 valence electrons. The average Bonchev–Trinajstić information content (AvgIpc) is 3.14. The third-order valence-electron chi connectivity index (χ3n) is 5.43. The fraction of sp³-hybridized carbons (Fsp3) is 0.286. The molecule has 1 fully saturated rings. The van der Waals surface area contributed by atoms with E-state index in [1.807, 2.05) is 0 Å². The summed E-state index contributed by atoms with van der Waals surface area (Å²) in [5, 5.41) is 9.12. The topological polar surface area (TPSA) is 105 Å². The molecule has 0 spiro atoms. The highest BCUT2D eigenvalue weighted by atomic mass is 19.1. The summed E-state index contributed by atoms with van der Waals surface area (Å²) < 4.78 is 45.0. The number of hydrogen-bond acceptors (Lipinski definition) is 6. The van der Waals surface area contributed by atoms with Crippen LogP contribution >= 0.6 is 0 Å². The van der Waals surface area contributed by atoms with Gasteiger partial charge in [0.2, 0.25) is 5.43 Å². The van der Waals surface area contributed by atoms with Gasteiger partial charge in [-0.15, -0.1) is 0 Å². The Bertz CT molecular complexity index is 1310. The SMILES string of the molecule is CN(C)c1cc(-n2cc(C(=O)O)c(=O)c3cc(F)c(N4CC[C@H](N)C4)nc32)c(F)cc1F. The molecule has 1 atom stereocenters. The Labute approximate surface area is 180 Å². The number of carbonyl (C=O) groups is 1. The predicted molar refractivity (Wildman–Crippen MR) is 113 cm³/mol. The Morgan fingerprint density at radius 3 is 2.50 bits per heavy atom. The fourth-order valence-corrected chi connectivity index (χ4v) is 3.81. The van der Waals surface area contributed by atoms with E-state index in [4.69, 9.17) is 5.73 Å². The van der Waals surface area contributed by atoms with Crippen LogP contribution in [0, 0.1) is 17.5 Å². The van der Waals surface area contributed by atoms with Crippen molar-refractivity contribution in [1.29, 1.82) is 0 Å². The quantitative estimate of drug-likeness (QED) is 0.631. The number of pyridine rings is 2. The van der Waals surface area contributed by atoms with E-state index >= 15 is 0 Å². The van der Waals surface area contributed by atoms with Crippen molar-refractivity contribution in [2.24, 2.45) is 5.73 Å². The molecule has 1 aliphatic heterocycles. The number of nitrogens with zero attached hydrogens (tertiary/aromatic N) is 4. The molecule has 2 aromatic heterocycles. The van der Waals surface area contributed by atoms with Crippen molar-refractivity contribution in [2.75, 3.05) is 37.0 Å². The maximum atomic E-state index is 14.9. The van der Waals surface area contributed by atoms with Crippen LogP contribution < -0.4 is 21.0 Å². The summed E-state index contributed by atoms with van der Waals surface area (Å²) >= 11 is 0. The summed E-state index contributed by atoms with van der Waals surface area (Å²) in [6, 6.07) is 2.53. The number of benzene rings is 1. The smallest absolute Gasteiger partial charge is 0.341 e. The molecular formula is C21H20F3N5O3. The number of nitrogens with two attached hydrogens (primary N) is 1. The predicted octanol–water partition coefficient (Wildman–Crippen LogP) is 2.10. The minimum absolute atomic E-state index is 0.0259. The molecule has 0 saturated carbocycles. The van der Waals surface area contributed by atoms with Crippen molar-refractivity contribution in [3.05, 3.63) is 57.6 Å². The van der Waals surface area contributed by atoms with Gasteiger partial charge in [-0.1, -0.05) is 0 Å². The number of aromatic nitrogens is 2. The van der Waals surface area contributed by atoms with Crippen LogP contribution in [0.5, 0.6) is 0 Å². The zero-order chi connectivity index (χ0) is 23.3. The van der Waals surface area contributed by atoms with Crippen LogP contribution in [-0.4, -0.2) is 53.9 Å². The zero-order valence-corrected chi connectivity index (χ0v) is 17.3. The van der Waals surface area contributed by atoms with E-state index in [-0.39, 0.29) is 34.3 Å². The molecule has 32 heavy (non-hydrogen) atoms. The Morgan fingerprint density at radius 1 is 1.19 bits per heavy atom. The maximum Gasteiger partial charge on any atom is 0.341 e. The summed E-state index contributed by atoms with van der Waals surface area (Å²) in [5.41, 5.74) is 3.85. The summed E-state index contributed by atoms with van der Waals surface area (Å²) in [5.74, 6) is -4.32. The average molecular weight is 447 g/mol. The highest BCUT2D eigenvalue weighted by Crippen LogP contribution is 2.29. The van der Waals surface area contributed by atoms with Gasteiger partial charge in [-0.3, -0.25) is 9.36 Å². The Kier molecular flexibility index (Phi) is 5.29. The monoisotopic (exact) mass is 447 g/mol. The van der Waals surface area contributed by atoms with Gasteiger partial charge in [-0.25, -0.2) is 22.9 Å². The number of carboxylic acids is 1. The summed E-state index contributed by atoms with van der Waals surface area (Å²) in [4.78, 5) is 31.6. The Balaban J connectivity index is 2.07. The highest BCUT2D eigenvalue weighted by molar-refractivity contribution is 5.92. The number of fused-ring (bicyclic) bond motifs is 1. The summed E-state index contributed by atoms with van der Waals surface area (Å²) in [6.45, 7) is 0.770. The fourth-order valence-electron chi connectivity index (χ4n) is 3.81. The van der Waals surface area contributed by atoms with Crippen molar-refractivity contribution < 1.29 is 23.1 Å². The lowest BCUT2D eigenvalue weighted by Crippen LogP contribution is -2.28. The van der Waals surface area contributed by atoms with Crippen molar-refractivity contribution in [1.82, 2.24) is 9.55 Å². The van der Waals surface area contributed by atoms with Gasteiger partial charge in [0.1, 0.15) is 17.2 Å². The van der Waals surface area contributed by atoms with Crippen LogP contribution in [0.3, 0.4) is 0 Å². The van der Waals surface area contributed by atoms with Gasteiger partial charge in [-0.05, 0) is 18.6 Å². The van der Waals surface area contributed by atoms with Gasteiger partial charge in [-0.2, -0.15) is 0 Å². The number of rotatable bonds is 4. The third kappa shape index (κ3) is 3.54. The van der Waals surface area contributed by atoms with E-state index in [0.29, 0.717) is 25.6 Å². The molecule has 1 aromatic carbocycles. The number of halogens is 3. The second-order valence-electron chi connectivity index (χ2n) is 7.86. The molecule has 0 bridgehead atoms. The standard InChI is InChI=1S/C21H20F3N5O3/c1-27(2)16-7-17(14(23)6-13(16)22)29-9-12(21(31)32)18(30)11-5-15(24)20(26-19(11)29)28-4-3-10(25)8-28/h5-7,9-10H,3-4,8,25H2,1-2H3,(H,31,32)/t10-/m0/s1. The molecule has 0 amide bonds. The molecule has 1 saturated heterocycles. The zero-order valence-electron chi connectivity index (χ0n) is 17.3. The lowest BCUT2D eigenvalue weighted by molar-refractivity contribution is 0.0695. The van der Waals surface area contributed by atoms with Gasteiger partial charge < -0.3 is 20.6 Å². The lowest BCUT2D eigenvalue weighted by atomic mass is 10.1. The van der Waals surface area contributed by atoms with Crippen molar-refractivity contribution >= 4 is 28.5 Å². The van der Waals surface area contributed by atoms with Crippen LogP contribution in [0.4, 0.5) is 24.7 Å². The number of anilines is 2. The van der Waals surface area contributed by atoms with E-state index < -0.39 is 34.4 Å². The van der Waals surface area contributed by atoms with Gasteiger partial charge in [0.25, 0.3) is 0 Å². The van der Waals surface area contributed by atoms with Gasteiger partial charge in [0.05, 0.1) is 16.8 Å². The normalized spacial score (nSPS) is 16.1. The van der Waals surface area contributed by atoms with E-state index in [1.54, 1.807) is 19.0 Å². The molecular weight excluding hydrogens is 427 g/mol. The highest BCUT2D eigenvalue weighted by Gasteiger charge is 2.26. The molecule has 0 aliphatic carbocycles. The number of carboxylic acid groups (broad SMARTS) is 1. The van der Waals surface area contributed by atoms with E-state index in [9.17, 15) is 27.9 Å². The number of aromatic carboxylic acids is 1. The molecule has 3 N–H and O–H groups in total. The molecule has 3 heterocycles. The van der Waals surface area contributed by atoms with Gasteiger partial charge in [0, 0.05) is 45.5 Å². The first kappa shape index (κ1) is 21.6. The van der Waals surface area contributed by atoms with Crippen LogP contribution in [-0.2, 0) is 0 Å².